The zero-order valence-electron chi connectivity index (χ0n) is 13.5. The molecule has 0 aromatic carbocycles. The fraction of sp³-hybridized carbons (Fsp3) is 0.176. The first-order valence-electron chi connectivity index (χ1n) is 7.32. The molecule has 0 radical (unpaired) electrons. The van der Waals surface area contributed by atoms with Crippen molar-refractivity contribution >= 4 is 17.6 Å². The Bertz CT molecular complexity index is 876. The highest BCUT2D eigenvalue weighted by atomic mass is 35.5. The van der Waals surface area contributed by atoms with Gasteiger partial charge < -0.3 is 14.0 Å². The topological polar surface area (TPSA) is 87.3 Å². The molecule has 7 nitrogen and oxygen atoms in total. The van der Waals surface area contributed by atoms with E-state index in [1.165, 1.54) is 13.3 Å². The van der Waals surface area contributed by atoms with Crippen LogP contribution in [0.4, 0.5) is 0 Å². The Hall–Kier alpha value is -2.93. The maximum Gasteiger partial charge on any atom is 0.339 e. The number of pyridine rings is 2. The van der Waals surface area contributed by atoms with Crippen molar-refractivity contribution in [3.63, 3.8) is 0 Å². The van der Waals surface area contributed by atoms with Crippen molar-refractivity contribution in [2.75, 3.05) is 7.11 Å². The SMILES string of the molecule is COC(=O)c1ccc(OCc2c(-c3ccc(Cl)cn3)noc2C)nc1. The maximum atomic E-state index is 11.4. The third-order valence-corrected chi connectivity index (χ3v) is 3.70. The molecule has 3 aromatic rings. The van der Waals surface area contributed by atoms with Gasteiger partial charge in [0, 0.05) is 18.5 Å². The Balaban J connectivity index is 1.76. The van der Waals surface area contributed by atoms with Crippen LogP contribution in [0.25, 0.3) is 11.4 Å². The molecular formula is C17H14ClN3O4. The number of esters is 1. The highest BCUT2D eigenvalue weighted by Gasteiger charge is 2.17. The van der Waals surface area contributed by atoms with Gasteiger partial charge in [-0.2, -0.15) is 0 Å². The predicted molar refractivity (Wildman–Crippen MR) is 89.4 cm³/mol. The molecule has 0 saturated carbocycles. The maximum absolute atomic E-state index is 11.4. The number of hydrogen-bond donors (Lipinski definition) is 0. The van der Waals surface area contributed by atoms with Crippen LogP contribution < -0.4 is 4.74 Å². The first-order valence-corrected chi connectivity index (χ1v) is 7.70. The van der Waals surface area contributed by atoms with Crippen molar-refractivity contribution in [2.24, 2.45) is 0 Å². The zero-order valence-corrected chi connectivity index (χ0v) is 14.3. The number of carbonyl (C=O) groups excluding carboxylic acids is 1. The molecule has 0 aliphatic carbocycles. The normalized spacial score (nSPS) is 10.5. The molecule has 0 saturated heterocycles. The molecule has 25 heavy (non-hydrogen) atoms. The van der Waals surface area contributed by atoms with Crippen molar-refractivity contribution in [2.45, 2.75) is 13.5 Å². The predicted octanol–water partition coefficient (Wildman–Crippen LogP) is 3.46. The quantitative estimate of drug-likeness (QED) is 0.644. The number of aromatic nitrogens is 3. The summed E-state index contributed by atoms with van der Waals surface area (Å²) in [7, 11) is 1.31. The summed E-state index contributed by atoms with van der Waals surface area (Å²) in [5.41, 5.74) is 2.32. The number of aryl methyl sites for hydroxylation is 1. The van der Waals surface area contributed by atoms with Crippen LogP contribution in [0.5, 0.6) is 5.88 Å². The van der Waals surface area contributed by atoms with E-state index in [1.807, 2.05) is 0 Å². The molecule has 3 heterocycles. The third-order valence-electron chi connectivity index (χ3n) is 3.48. The molecular weight excluding hydrogens is 346 g/mol. The fourth-order valence-corrected chi connectivity index (χ4v) is 2.24. The number of methoxy groups -OCH3 is 1. The second-order valence-corrected chi connectivity index (χ2v) is 5.53. The van der Waals surface area contributed by atoms with Gasteiger partial charge in [-0.25, -0.2) is 9.78 Å². The van der Waals surface area contributed by atoms with Crippen LogP contribution in [0.2, 0.25) is 5.02 Å². The van der Waals surface area contributed by atoms with E-state index < -0.39 is 5.97 Å². The molecule has 0 aliphatic heterocycles. The molecule has 0 bridgehead atoms. The number of ether oxygens (including phenoxy) is 2. The van der Waals surface area contributed by atoms with E-state index in [4.69, 9.17) is 20.9 Å². The first-order chi connectivity index (χ1) is 12.1. The van der Waals surface area contributed by atoms with Gasteiger partial charge in [-0.05, 0) is 25.1 Å². The van der Waals surface area contributed by atoms with Crippen LogP contribution >= 0.6 is 11.6 Å². The first kappa shape index (κ1) is 16.9. The Kier molecular flexibility index (Phi) is 4.95. The minimum atomic E-state index is -0.454. The lowest BCUT2D eigenvalue weighted by atomic mass is 10.1. The summed E-state index contributed by atoms with van der Waals surface area (Å²) in [4.78, 5) is 19.7. The Morgan fingerprint density at radius 3 is 2.68 bits per heavy atom. The number of rotatable bonds is 5. The van der Waals surface area contributed by atoms with Gasteiger partial charge in [0.05, 0.1) is 29.0 Å². The van der Waals surface area contributed by atoms with Crippen LogP contribution in [0.15, 0.2) is 41.2 Å². The minimum absolute atomic E-state index is 0.194. The second-order valence-electron chi connectivity index (χ2n) is 5.09. The molecule has 0 atom stereocenters. The lowest BCUT2D eigenvalue weighted by Crippen LogP contribution is -2.03. The van der Waals surface area contributed by atoms with E-state index in [0.29, 0.717) is 33.6 Å². The van der Waals surface area contributed by atoms with Gasteiger partial charge in [-0.1, -0.05) is 16.8 Å². The number of nitrogens with zero attached hydrogens (tertiary/aromatic N) is 3. The molecule has 0 aliphatic rings. The summed E-state index contributed by atoms with van der Waals surface area (Å²) < 4.78 is 15.5. The van der Waals surface area contributed by atoms with E-state index in [1.54, 1.807) is 37.4 Å². The van der Waals surface area contributed by atoms with Crippen LogP contribution in [0.1, 0.15) is 21.7 Å². The van der Waals surface area contributed by atoms with E-state index >= 15 is 0 Å². The summed E-state index contributed by atoms with van der Waals surface area (Å²) in [6.07, 6.45) is 2.93. The van der Waals surface area contributed by atoms with Crippen LogP contribution in [-0.4, -0.2) is 28.2 Å². The molecule has 0 fully saturated rings. The van der Waals surface area contributed by atoms with Gasteiger partial charge in [-0.15, -0.1) is 0 Å². The summed E-state index contributed by atoms with van der Waals surface area (Å²) in [5.74, 6) is 0.534. The summed E-state index contributed by atoms with van der Waals surface area (Å²) in [6.45, 7) is 1.98. The van der Waals surface area contributed by atoms with E-state index in [2.05, 4.69) is 19.9 Å². The molecule has 0 N–H and O–H groups in total. The van der Waals surface area contributed by atoms with Crippen LogP contribution in [0.3, 0.4) is 0 Å². The average Bonchev–Trinajstić information content (AvgIpc) is 3.01. The van der Waals surface area contributed by atoms with Gasteiger partial charge in [0.15, 0.2) is 0 Å². The highest BCUT2D eigenvalue weighted by molar-refractivity contribution is 6.30. The minimum Gasteiger partial charge on any atom is -0.473 e. The fourth-order valence-electron chi connectivity index (χ4n) is 2.13. The Morgan fingerprint density at radius 2 is 2.04 bits per heavy atom. The molecule has 0 unspecified atom stereocenters. The largest absolute Gasteiger partial charge is 0.473 e. The average molecular weight is 360 g/mol. The van der Waals surface area contributed by atoms with Gasteiger partial charge in [0.25, 0.3) is 0 Å². The smallest absolute Gasteiger partial charge is 0.339 e. The van der Waals surface area contributed by atoms with E-state index in [0.717, 1.165) is 5.56 Å². The number of hydrogen-bond acceptors (Lipinski definition) is 7. The van der Waals surface area contributed by atoms with Gasteiger partial charge in [0.2, 0.25) is 5.88 Å². The summed E-state index contributed by atoms with van der Waals surface area (Å²) >= 11 is 5.86. The molecule has 8 heteroatoms. The van der Waals surface area contributed by atoms with Gasteiger partial charge >= 0.3 is 5.97 Å². The monoisotopic (exact) mass is 359 g/mol. The van der Waals surface area contributed by atoms with Crippen molar-refractivity contribution in [1.29, 1.82) is 0 Å². The molecule has 0 spiro atoms. The van der Waals surface area contributed by atoms with Crippen molar-refractivity contribution < 1.29 is 18.8 Å². The Morgan fingerprint density at radius 1 is 1.20 bits per heavy atom. The lowest BCUT2D eigenvalue weighted by Gasteiger charge is -2.06. The van der Waals surface area contributed by atoms with E-state index in [-0.39, 0.29) is 6.61 Å². The van der Waals surface area contributed by atoms with E-state index in [9.17, 15) is 4.79 Å². The van der Waals surface area contributed by atoms with Crippen molar-refractivity contribution in [3.8, 4) is 17.3 Å². The van der Waals surface area contributed by atoms with Crippen LogP contribution in [-0.2, 0) is 11.3 Å². The number of halogens is 1. The molecule has 128 valence electrons. The van der Waals surface area contributed by atoms with Gasteiger partial charge in [0.1, 0.15) is 18.1 Å². The van der Waals surface area contributed by atoms with Gasteiger partial charge in [-0.3, -0.25) is 4.98 Å². The Labute approximate surface area is 148 Å². The zero-order chi connectivity index (χ0) is 17.8. The molecule has 3 aromatic heterocycles. The lowest BCUT2D eigenvalue weighted by molar-refractivity contribution is 0.0600. The molecule has 0 amide bonds. The summed E-state index contributed by atoms with van der Waals surface area (Å²) in [5, 5.41) is 4.57. The van der Waals surface area contributed by atoms with Crippen LogP contribution in [0, 0.1) is 6.92 Å². The molecule has 3 rings (SSSR count). The van der Waals surface area contributed by atoms with Crippen molar-refractivity contribution in [3.05, 3.63) is 58.6 Å². The second kappa shape index (κ2) is 7.31. The van der Waals surface area contributed by atoms with Crippen molar-refractivity contribution in [1.82, 2.24) is 15.1 Å². The summed E-state index contributed by atoms with van der Waals surface area (Å²) in [6, 6.07) is 6.66. The third kappa shape index (κ3) is 3.77. The standard InChI is InChI=1S/C17H14ClN3O4/c1-10-13(16(21-25-10)14-5-4-12(18)8-19-14)9-24-15-6-3-11(7-20-15)17(22)23-2/h3-8H,9H2,1-2H3. The highest BCUT2D eigenvalue weighted by Crippen LogP contribution is 2.25. The number of carbonyl (C=O) groups is 1.